The molecule has 8 heteroatoms. The third kappa shape index (κ3) is 4.16. The normalized spacial score (nSPS) is 13.8. The van der Waals surface area contributed by atoms with Crippen molar-refractivity contribution in [2.24, 2.45) is 0 Å². The van der Waals surface area contributed by atoms with Gasteiger partial charge in [-0.15, -0.1) is 0 Å². The number of benzene rings is 2. The molecule has 1 fully saturated rings. The van der Waals surface area contributed by atoms with Crippen LogP contribution in [-0.2, 0) is 0 Å². The Morgan fingerprint density at radius 3 is 2.18 bits per heavy atom. The number of piperazine rings is 1. The summed E-state index contributed by atoms with van der Waals surface area (Å²) in [5.74, 6) is 0.351. The minimum Gasteiger partial charge on any atom is -0.493 e. The van der Waals surface area contributed by atoms with Crippen LogP contribution in [0.15, 0.2) is 42.5 Å². The Morgan fingerprint density at radius 2 is 1.57 bits per heavy atom. The maximum absolute atomic E-state index is 13.0. The van der Waals surface area contributed by atoms with Crippen molar-refractivity contribution in [2.45, 2.75) is 0 Å². The molecule has 2 aromatic rings. The van der Waals surface area contributed by atoms with Gasteiger partial charge in [0.1, 0.15) is 5.82 Å². The minimum absolute atomic E-state index is 0.172. The quantitative estimate of drug-likeness (QED) is 0.876. The van der Waals surface area contributed by atoms with Crippen LogP contribution in [0.1, 0.15) is 10.4 Å². The number of amides is 3. The van der Waals surface area contributed by atoms with E-state index in [1.54, 1.807) is 28.0 Å². The third-order valence-corrected chi connectivity index (χ3v) is 4.58. The first-order valence-corrected chi connectivity index (χ1v) is 8.85. The van der Waals surface area contributed by atoms with Crippen LogP contribution in [0.5, 0.6) is 11.5 Å². The first-order valence-electron chi connectivity index (χ1n) is 8.85. The van der Waals surface area contributed by atoms with Gasteiger partial charge in [0.25, 0.3) is 5.91 Å². The molecule has 1 N–H and O–H groups in total. The molecule has 148 valence electrons. The van der Waals surface area contributed by atoms with Crippen molar-refractivity contribution < 1.29 is 23.5 Å². The van der Waals surface area contributed by atoms with Crippen LogP contribution in [-0.4, -0.2) is 62.1 Å². The van der Waals surface area contributed by atoms with E-state index in [9.17, 15) is 14.0 Å². The standard InChI is InChI=1S/C20H22FN3O4/c1-27-17-5-3-4-16(18(17)28-2)19(25)23-10-12-24(13-11-23)20(26)22-15-8-6-14(21)7-9-15/h3-9H,10-13H2,1-2H3,(H,22,26). The second kappa shape index (κ2) is 8.60. The Bertz CT molecular complexity index is 849. The Hall–Kier alpha value is -3.29. The van der Waals surface area contributed by atoms with E-state index >= 15 is 0 Å². The molecular weight excluding hydrogens is 365 g/mol. The maximum atomic E-state index is 13.0. The summed E-state index contributed by atoms with van der Waals surface area (Å²) in [5.41, 5.74) is 0.942. The first-order chi connectivity index (χ1) is 13.5. The Balaban J connectivity index is 1.61. The molecule has 2 aromatic carbocycles. The predicted octanol–water partition coefficient (Wildman–Crippen LogP) is 2.83. The zero-order chi connectivity index (χ0) is 20.1. The van der Waals surface area contributed by atoms with Crippen LogP contribution in [0.2, 0.25) is 0 Å². The summed E-state index contributed by atoms with van der Waals surface area (Å²) < 4.78 is 23.5. The van der Waals surface area contributed by atoms with Gasteiger partial charge >= 0.3 is 6.03 Å². The lowest BCUT2D eigenvalue weighted by atomic mass is 10.1. The Morgan fingerprint density at radius 1 is 0.929 bits per heavy atom. The van der Waals surface area contributed by atoms with E-state index in [-0.39, 0.29) is 17.8 Å². The average molecular weight is 387 g/mol. The molecule has 1 aliphatic heterocycles. The van der Waals surface area contributed by atoms with Gasteiger partial charge in [-0.3, -0.25) is 4.79 Å². The van der Waals surface area contributed by atoms with Crippen LogP contribution in [0, 0.1) is 5.82 Å². The van der Waals surface area contributed by atoms with Gasteiger partial charge in [-0.2, -0.15) is 0 Å². The van der Waals surface area contributed by atoms with E-state index in [2.05, 4.69) is 5.32 Å². The number of halogens is 1. The topological polar surface area (TPSA) is 71.1 Å². The molecule has 3 amide bonds. The number of nitrogens with zero attached hydrogens (tertiary/aromatic N) is 2. The molecular formula is C20H22FN3O4. The third-order valence-electron chi connectivity index (χ3n) is 4.58. The Kier molecular flexibility index (Phi) is 5.98. The number of methoxy groups -OCH3 is 2. The van der Waals surface area contributed by atoms with Crippen LogP contribution in [0.25, 0.3) is 0 Å². The SMILES string of the molecule is COc1cccc(C(=O)N2CCN(C(=O)Nc3ccc(F)cc3)CC2)c1OC. The number of rotatable bonds is 4. The summed E-state index contributed by atoms with van der Waals surface area (Å²) >= 11 is 0. The molecule has 1 heterocycles. The highest BCUT2D eigenvalue weighted by molar-refractivity contribution is 5.98. The summed E-state index contributed by atoms with van der Waals surface area (Å²) in [6, 6.07) is 10.5. The van der Waals surface area contributed by atoms with Crippen molar-refractivity contribution in [3.8, 4) is 11.5 Å². The second-order valence-corrected chi connectivity index (χ2v) is 6.26. The Labute approximate surface area is 162 Å². The van der Waals surface area contributed by atoms with Gasteiger partial charge in [0, 0.05) is 31.9 Å². The zero-order valence-corrected chi connectivity index (χ0v) is 15.8. The molecule has 7 nitrogen and oxygen atoms in total. The van der Waals surface area contributed by atoms with E-state index < -0.39 is 0 Å². The maximum Gasteiger partial charge on any atom is 0.321 e. The average Bonchev–Trinajstić information content (AvgIpc) is 2.74. The number of hydrogen-bond acceptors (Lipinski definition) is 4. The van der Waals surface area contributed by atoms with E-state index in [1.165, 1.54) is 38.5 Å². The summed E-state index contributed by atoms with van der Waals surface area (Å²) in [6.07, 6.45) is 0. The fourth-order valence-electron chi connectivity index (χ4n) is 3.07. The van der Waals surface area contributed by atoms with Crippen molar-refractivity contribution in [1.82, 2.24) is 9.80 Å². The van der Waals surface area contributed by atoms with E-state index in [4.69, 9.17) is 9.47 Å². The molecule has 0 aromatic heterocycles. The fraction of sp³-hybridized carbons (Fsp3) is 0.300. The van der Waals surface area contributed by atoms with E-state index in [0.717, 1.165) is 0 Å². The van der Waals surface area contributed by atoms with Crippen molar-refractivity contribution in [2.75, 3.05) is 45.7 Å². The molecule has 1 aliphatic rings. The molecule has 0 radical (unpaired) electrons. The molecule has 28 heavy (non-hydrogen) atoms. The first kappa shape index (κ1) is 19.5. The monoisotopic (exact) mass is 387 g/mol. The van der Waals surface area contributed by atoms with E-state index in [0.29, 0.717) is 48.9 Å². The van der Waals surface area contributed by atoms with Crippen LogP contribution in [0.3, 0.4) is 0 Å². The molecule has 3 rings (SSSR count). The highest BCUT2D eigenvalue weighted by atomic mass is 19.1. The van der Waals surface area contributed by atoms with Gasteiger partial charge in [0.05, 0.1) is 19.8 Å². The molecule has 0 unspecified atom stereocenters. The number of para-hydroxylation sites is 1. The largest absolute Gasteiger partial charge is 0.493 e. The lowest BCUT2D eigenvalue weighted by Gasteiger charge is -2.35. The lowest BCUT2D eigenvalue weighted by molar-refractivity contribution is 0.0668. The zero-order valence-electron chi connectivity index (χ0n) is 15.8. The van der Waals surface area contributed by atoms with Crippen molar-refractivity contribution in [3.63, 3.8) is 0 Å². The predicted molar refractivity (Wildman–Crippen MR) is 102 cm³/mol. The number of anilines is 1. The summed E-state index contributed by atoms with van der Waals surface area (Å²) in [4.78, 5) is 28.5. The van der Waals surface area contributed by atoms with Crippen LogP contribution >= 0.6 is 0 Å². The van der Waals surface area contributed by atoms with Crippen molar-refractivity contribution in [3.05, 3.63) is 53.8 Å². The number of ether oxygens (including phenoxy) is 2. The second-order valence-electron chi connectivity index (χ2n) is 6.26. The summed E-state index contributed by atoms with van der Waals surface area (Å²) in [5, 5.41) is 2.73. The molecule has 0 saturated carbocycles. The molecule has 1 saturated heterocycles. The van der Waals surface area contributed by atoms with Gasteiger partial charge in [-0.05, 0) is 36.4 Å². The number of urea groups is 1. The van der Waals surface area contributed by atoms with Gasteiger partial charge in [0.2, 0.25) is 0 Å². The fourth-order valence-corrected chi connectivity index (χ4v) is 3.07. The van der Waals surface area contributed by atoms with Crippen molar-refractivity contribution in [1.29, 1.82) is 0 Å². The molecule has 0 aliphatic carbocycles. The highest BCUT2D eigenvalue weighted by Gasteiger charge is 2.27. The smallest absolute Gasteiger partial charge is 0.321 e. The number of carbonyl (C=O) groups is 2. The van der Waals surface area contributed by atoms with Crippen LogP contribution in [0.4, 0.5) is 14.9 Å². The highest BCUT2D eigenvalue weighted by Crippen LogP contribution is 2.31. The van der Waals surface area contributed by atoms with Gasteiger partial charge < -0.3 is 24.6 Å². The lowest BCUT2D eigenvalue weighted by Crippen LogP contribution is -2.51. The van der Waals surface area contributed by atoms with Gasteiger partial charge in [0.15, 0.2) is 11.5 Å². The van der Waals surface area contributed by atoms with Gasteiger partial charge in [-0.25, -0.2) is 9.18 Å². The minimum atomic E-state index is -0.363. The summed E-state index contributed by atoms with van der Waals surface area (Å²) in [7, 11) is 3.01. The molecule has 0 bridgehead atoms. The molecule has 0 atom stereocenters. The van der Waals surface area contributed by atoms with Crippen LogP contribution < -0.4 is 14.8 Å². The van der Waals surface area contributed by atoms with Crippen molar-refractivity contribution >= 4 is 17.6 Å². The molecule has 0 spiro atoms. The van der Waals surface area contributed by atoms with Gasteiger partial charge in [-0.1, -0.05) is 6.07 Å². The number of nitrogens with one attached hydrogen (secondary N) is 1. The number of carbonyl (C=O) groups excluding carboxylic acids is 2. The van der Waals surface area contributed by atoms with E-state index in [1.807, 2.05) is 0 Å². The summed E-state index contributed by atoms with van der Waals surface area (Å²) in [6.45, 7) is 1.59. The number of hydrogen-bond donors (Lipinski definition) is 1.